The van der Waals surface area contributed by atoms with Gasteiger partial charge in [-0.1, -0.05) is 66.2 Å². The van der Waals surface area contributed by atoms with E-state index in [9.17, 15) is 9.59 Å². The van der Waals surface area contributed by atoms with Crippen LogP contribution in [0.15, 0.2) is 18.2 Å². The molecule has 0 heterocycles. The number of esters is 1. The lowest BCUT2D eigenvalue weighted by Crippen LogP contribution is -2.44. The number of ether oxygens (including phenoxy) is 1. The Labute approximate surface area is 182 Å². The van der Waals surface area contributed by atoms with Gasteiger partial charge < -0.3 is 21.5 Å². The van der Waals surface area contributed by atoms with Crippen LogP contribution in [0.4, 0.5) is 0 Å². The molecule has 0 saturated heterocycles. The first kappa shape index (κ1) is 26.1. The first-order valence-corrected chi connectivity index (χ1v) is 11.0. The van der Waals surface area contributed by atoms with Gasteiger partial charge in [-0.05, 0) is 47.8 Å². The van der Waals surface area contributed by atoms with E-state index in [1.807, 2.05) is 32.0 Å². The number of carbonyl (C=O) groups excluding carboxylic acids is 2. The molecule has 30 heavy (non-hydrogen) atoms. The van der Waals surface area contributed by atoms with Crippen LogP contribution in [0.3, 0.4) is 0 Å². The molecule has 6 heteroatoms. The zero-order chi connectivity index (χ0) is 22.9. The second-order valence-electron chi connectivity index (χ2n) is 9.50. The highest BCUT2D eigenvalue weighted by Gasteiger charge is 2.27. The number of benzene rings is 1. The second-order valence-corrected chi connectivity index (χ2v) is 9.50. The number of amides is 1. The minimum absolute atomic E-state index is 0.194. The molecule has 0 aliphatic heterocycles. The van der Waals surface area contributed by atoms with E-state index < -0.39 is 11.5 Å². The fraction of sp³-hybridized carbons (Fsp3) is 0.667. The Balaban J connectivity index is 2.73. The lowest BCUT2D eigenvalue weighted by Gasteiger charge is -2.26. The Morgan fingerprint density at radius 1 is 1.07 bits per heavy atom. The third-order valence-corrected chi connectivity index (χ3v) is 5.21. The summed E-state index contributed by atoms with van der Waals surface area (Å²) in [5.74, 6) is 0.686. The number of nitrogens with two attached hydrogens (primary N) is 2. The summed E-state index contributed by atoms with van der Waals surface area (Å²) in [6, 6.07) is 5.48. The van der Waals surface area contributed by atoms with Crippen molar-refractivity contribution in [2.45, 2.75) is 85.1 Å². The number of carbonyl (C=O) groups is 2. The lowest BCUT2D eigenvalue weighted by molar-refractivity contribution is -0.137. The molecule has 1 aromatic carbocycles. The number of unbranched alkanes of at least 4 members (excludes halogenated alkanes) is 1. The number of hydrogen-bond donors (Lipinski definition) is 3. The van der Waals surface area contributed by atoms with E-state index in [0.29, 0.717) is 25.3 Å². The van der Waals surface area contributed by atoms with Crippen LogP contribution in [-0.2, 0) is 9.59 Å². The van der Waals surface area contributed by atoms with Gasteiger partial charge in [0.2, 0.25) is 5.91 Å². The monoisotopic (exact) mass is 419 g/mol. The van der Waals surface area contributed by atoms with Crippen molar-refractivity contribution >= 4 is 11.9 Å². The maximum Gasteiger partial charge on any atom is 0.311 e. The van der Waals surface area contributed by atoms with E-state index in [1.54, 1.807) is 0 Å². The zero-order valence-electron chi connectivity index (χ0n) is 19.6. The molecule has 5 N–H and O–H groups in total. The molecular weight excluding hydrogens is 378 g/mol. The maximum absolute atomic E-state index is 12.8. The van der Waals surface area contributed by atoms with E-state index in [1.165, 1.54) is 0 Å². The van der Waals surface area contributed by atoms with Crippen LogP contribution in [0.25, 0.3) is 0 Å². The molecule has 170 valence electrons. The van der Waals surface area contributed by atoms with E-state index in [4.69, 9.17) is 16.2 Å². The summed E-state index contributed by atoms with van der Waals surface area (Å²) in [4.78, 5) is 25.0. The predicted molar refractivity (Wildman–Crippen MR) is 123 cm³/mol. The van der Waals surface area contributed by atoms with Crippen LogP contribution in [0.2, 0.25) is 0 Å². The number of para-hydroxylation sites is 1. The van der Waals surface area contributed by atoms with Crippen LogP contribution in [0, 0.1) is 5.41 Å². The summed E-state index contributed by atoms with van der Waals surface area (Å²) in [5, 5.41) is 2.88. The van der Waals surface area contributed by atoms with Crippen molar-refractivity contribution in [2.75, 3.05) is 13.1 Å². The molecule has 1 aromatic rings. The Kier molecular flexibility index (Phi) is 10.5. The summed E-state index contributed by atoms with van der Waals surface area (Å²) < 4.78 is 5.87. The average Bonchev–Trinajstić information content (AvgIpc) is 2.65. The summed E-state index contributed by atoms with van der Waals surface area (Å²) in [6.07, 6.45) is 2.48. The van der Waals surface area contributed by atoms with E-state index >= 15 is 0 Å². The highest BCUT2D eigenvalue weighted by molar-refractivity contribution is 5.81. The first-order chi connectivity index (χ1) is 14.0. The van der Waals surface area contributed by atoms with Gasteiger partial charge in [0.1, 0.15) is 5.75 Å². The number of nitrogens with one attached hydrogen (secondary N) is 1. The van der Waals surface area contributed by atoms with Crippen molar-refractivity contribution in [3.05, 3.63) is 29.3 Å². The van der Waals surface area contributed by atoms with Crippen LogP contribution >= 0.6 is 0 Å². The Morgan fingerprint density at radius 2 is 1.63 bits per heavy atom. The standard InChI is InChI=1S/C24H41N3O3/c1-16(2)18-10-9-11-19(17(3)4)22(18)30-21(28)14-24(5,6)15-27-23(29)20(26)12-7-8-13-25/h9-11,16-17,20H,7-8,12-15,25-26H2,1-6H3,(H,27,29)/t20-/m0/s1. The summed E-state index contributed by atoms with van der Waals surface area (Å²) >= 11 is 0. The molecular formula is C24H41N3O3. The van der Waals surface area contributed by atoms with Crippen molar-refractivity contribution in [2.24, 2.45) is 16.9 Å². The Morgan fingerprint density at radius 3 is 2.13 bits per heavy atom. The van der Waals surface area contributed by atoms with Crippen LogP contribution in [-0.4, -0.2) is 31.0 Å². The van der Waals surface area contributed by atoms with Crippen molar-refractivity contribution in [3.8, 4) is 5.75 Å². The van der Waals surface area contributed by atoms with Crippen molar-refractivity contribution in [1.29, 1.82) is 0 Å². The molecule has 0 unspecified atom stereocenters. The van der Waals surface area contributed by atoms with Crippen LogP contribution < -0.4 is 21.5 Å². The van der Waals surface area contributed by atoms with Gasteiger partial charge in [-0.3, -0.25) is 9.59 Å². The smallest absolute Gasteiger partial charge is 0.311 e. The van der Waals surface area contributed by atoms with Crippen molar-refractivity contribution in [3.63, 3.8) is 0 Å². The summed E-state index contributed by atoms with van der Waals surface area (Å²) in [7, 11) is 0. The molecule has 0 aromatic heterocycles. The van der Waals surface area contributed by atoms with Gasteiger partial charge in [-0.25, -0.2) is 0 Å². The van der Waals surface area contributed by atoms with Crippen molar-refractivity contribution < 1.29 is 14.3 Å². The Hall–Kier alpha value is -1.92. The Bertz CT molecular complexity index is 673. The fourth-order valence-electron chi connectivity index (χ4n) is 3.30. The first-order valence-electron chi connectivity index (χ1n) is 11.0. The quantitative estimate of drug-likeness (QED) is 0.271. The van der Waals surface area contributed by atoms with Gasteiger partial charge in [-0.2, -0.15) is 0 Å². The third kappa shape index (κ3) is 8.44. The molecule has 1 atom stereocenters. The zero-order valence-corrected chi connectivity index (χ0v) is 19.6. The second kappa shape index (κ2) is 12.1. The minimum Gasteiger partial charge on any atom is -0.426 e. The predicted octanol–water partition coefficient (Wildman–Crippen LogP) is 3.83. The highest BCUT2D eigenvalue weighted by Crippen LogP contribution is 2.35. The minimum atomic E-state index is -0.550. The molecule has 0 saturated carbocycles. The molecule has 0 spiro atoms. The molecule has 0 bridgehead atoms. The summed E-state index contributed by atoms with van der Waals surface area (Å²) in [6.45, 7) is 13.2. The third-order valence-electron chi connectivity index (χ3n) is 5.21. The van der Waals surface area contributed by atoms with Gasteiger partial charge in [0.15, 0.2) is 0 Å². The van der Waals surface area contributed by atoms with E-state index in [2.05, 4.69) is 33.0 Å². The molecule has 1 rings (SSSR count). The largest absolute Gasteiger partial charge is 0.426 e. The fourth-order valence-corrected chi connectivity index (χ4v) is 3.30. The maximum atomic E-state index is 12.8. The molecule has 1 amide bonds. The van der Waals surface area contributed by atoms with Crippen LogP contribution in [0.5, 0.6) is 5.75 Å². The van der Waals surface area contributed by atoms with Gasteiger partial charge in [0.05, 0.1) is 12.5 Å². The summed E-state index contributed by atoms with van der Waals surface area (Å²) in [5.41, 5.74) is 13.0. The molecule has 0 aliphatic carbocycles. The van der Waals surface area contributed by atoms with E-state index in [0.717, 1.165) is 24.0 Å². The number of rotatable bonds is 12. The van der Waals surface area contributed by atoms with Gasteiger partial charge in [-0.15, -0.1) is 0 Å². The normalized spacial score (nSPS) is 12.9. The topological polar surface area (TPSA) is 107 Å². The van der Waals surface area contributed by atoms with Gasteiger partial charge in [0.25, 0.3) is 0 Å². The SMILES string of the molecule is CC(C)c1cccc(C(C)C)c1OC(=O)CC(C)(C)CNC(=O)[C@@H](N)CCCCN. The average molecular weight is 420 g/mol. The van der Waals surface area contributed by atoms with Gasteiger partial charge >= 0.3 is 5.97 Å². The van der Waals surface area contributed by atoms with Crippen molar-refractivity contribution in [1.82, 2.24) is 5.32 Å². The lowest BCUT2D eigenvalue weighted by atomic mass is 9.89. The molecule has 0 radical (unpaired) electrons. The van der Waals surface area contributed by atoms with E-state index in [-0.39, 0.29) is 30.1 Å². The van der Waals surface area contributed by atoms with Crippen LogP contribution in [0.1, 0.15) is 90.2 Å². The molecule has 0 fully saturated rings. The number of hydrogen-bond acceptors (Lipinski definition) is 5. The highest BCUT2D eigenvalue weighted by atomic mass is 16.5. The van der Waals surface area contributed by atoms with Gasteiger partial charge in [0, 0.05) is 6.54 Å². The molecule has 6 nitrogen and oxygen atoms in total. The molecule has 0 aliphatic rings.